The van der Waals surface area contributed by atoms with Crippen LogP contribution < -0.4 is 21.4 Å². The summed E-state index contributed by atoms with van der Waals surface area (Å²) in [6.07, 6.45) is -0.478. The van der Waals surface area contributed by atoms with Gasteiger partial charge in [-0.15, -0.1) is 0 Å². The zero-order chi connectivity index (χ0) is 66.2. The summed E-state index contributed by atoms with van der Waals surface area (Å²) in [6.45, 7) is 28.4. The molecule has 0 aliphatic carbocycles. The Morgan fingerprint density at radius 1 is 0.614 bits per heavy atom. The zero-order valence-electron chi connectivity index (χ0n) is 56.1. The molecule has 3 heterocycles. The van der Waals surface area contributed by atoms with Crippen LogP contribution in [-0.4, -0.2) is 196 Å². The van der Waals surface area contributed by atoms with Crippen LogP contribution in [0.1, 0.15) is 148 Å². The minimum atomic E-state index is -1.99. The number of rotatable bonds is 14. The van der Waals surface area contributed by atoms with E-state index in [-0.39, 0.29) is 44.7 Å². The third kappa shape index (κ3) is 17.1. The number of carbonyl (C=O) groups excluding carboxylic acids is 9. The van der Waals surface area contributed by atoms with Crippen LogP contribution in [0.5, 0.6) is 0 Å². The first-order valence-electron chi connectivity index (χ1n) is 31.6. The second kappa shape index (κ2) is 30.0. The van der Waals surface area contributed by atoms with Crippen molar-refractivity contribution >= 4 is 65.8 Å². The SMILES string of the molecule is CCC(C)C1NC(=O)C2CCN(C2)C(=O)C(Cc2cccc(B3OC(C)(C)C(C)(C)O3)c2)N(C)C(=O)C(Cc2ccccc2)NC(=O)[C@H](C(C)C)N(C)C(=O)[C@@H](C(C)CC)OC(=O)C(C(C)(C)O)N(C)C(=O)C(CC(C)C)NC(=O)[C@H](C(C)C)N(C)C1=O. The van der Waals surface area contributed by atoms with Gasteiger partial charge in [0.05, 0.1) is 22.7 Å². The van der Waals surface area contributed by atoms with Crippen molar-refractivity contribution in [3.63, 3.8) is 0 Å². The first kappa shape index (κ1) is 72.4. The topological polar surface area (TPSA) is 254 Å². The van der Waals surface area contributed by atoms with E-state index in [4.69, 9.17) is 14.0 Å². The van der Waals surface area contributed by atoms with E-state index >= 15 is 19.2 Å². The molecule has 3 aliphatic rings. The number of nitrogens with zero attached hydrogens (tertiary/aromatic N) is 5. The van der Waals surface area contributed by atoms with Gasteiger partial charge in [-0.2, -0.15) is 0 Å². The van der Waals surface area contributed by atoms with E-state index in [1.54, 1.807) is 58.6 Å². The Kier molecular flexibility index (Phi) is 24.6. The summed E-state index contributed by atoms with van der Waals surface area (Å²) in [5.41, 5.74) is -1.24. The molecule has 5 rings (SSSR count). The molecular formula is C66H103BN8O13. The van der Waals surface area contributed by atoms with Gasteiger partial charge >= 0.3 is 13.1 Å². The van der Waals surface area contributed by atoms with Crippen molar-refractivity contribution in [2.24, 2.45) is 35.5 Å². The average Bonchev–Trinajstić information content (AvgIpc) is 3.14. The second-order valence-electron chi connectivity index (χ2n) is 27.6. The van der Waals surface area contributed by atoms with Crippen molar-refractivity contribution in [2.75, 3.05) is 41.3 Å². The predicted molar refractivity (Wildman–Crippen MR) is 337 cm³/mol. The number of hydrogen-bond acceptors (Lipinski definition) is 13. The van der Waals surface area contributed by atoms with Gasteiger partial charge in [0.2, 0.25) is 41.4 Å². The Morgan fingerprint density at radius 3 is 1.66 bits per heavy atom. The molecule has 3 fully saturated rings. The third-order valence-corrected chi connectivity index (χ3v) is 18.5. The number of benzene rings is 2. The summed E-state index contributed by atoms with van der Waals surface area (Å²) in [4.78, 5) is 141. The highest BCUT2D eigenvalue weighted by Gasteiger charge is 2.52. The molecule has 2 aromatic carbocycles. The Hall–Kier alpha value is -6.39. The number of nitrogens with one attached hydrogen (secondary N) is 3. The number of fused-ring (bicyclic) bond motifs is 2. The van der Waals surface area contributed by atoms with Gasteiger partial charge in [-0.05, 0) is 101 Å². The number of cyclic esters (lactones) is 1. The first-order valence-corrected chi connectivity index (χ1v) is 31.6. The first-order chi connectivity index (χ1) is 40.9. The van der Waals surface area contributed by atoms with Crippen molar-refractivity contribution in [2.45, 2.75) is 215 Å². The van der Waals surface area contributed by atoms with Crippen LogP contribution in [-0.2, 0) is 70.0 Å². The van der Waals surface area contributed by atoms with Crippen molar-refractivity contribution in [3.05, 3.63) is 65.7 Å². The molecule has 8 unspecified atom stereocenters. The molecule has 21 nitrogen and oxygen atoms in total. The van der Waals surface area contributed by atoms with E-state index in [1.807, 2.05) is 97.9 Å². The molecule has 0 radical (unpaired) electrons. The molecule has 3 aliphatic heterocycles. The van der Waals surface area contributed by atoms with Crippen molar-refractivity contribution in [1.82, 2.24) is 40.4 Å². The number of aliphatic hydroxyl groups is 1. The largest absolute Gasteiger partial charge is 0.494 e. The van der Waals surface area contributed by atoms with E-state index in [2.05, 4.69) is 16.0 Å². The summed E-state index contributed by atoms with van der Waals surface area (Å²) in [5, 5.41) is 20.6. The normalized spacial score (nSPS) is 27.2. The molecular weight excluding hydrogens is 1120 g/mol. The number of carbonyl (C=O) groups is 9. The highest BCUT2D eigenvalue weighted by atomic mass is 16.7. The fourth-order valence-corrected chi connectivity index (χ4v) is 12.1. The zero-order valence-corrected chi connectivity index (χ0v) is 56.1. The lowest BCUT2D eigenvalue weighted by molar-refractivity contribution is -0.177. The Morgan fingerprint density at radius 2 is 1.14 bits per heavy atom. The lowest BCUT2D eigenvalue weighted by Gasteiger charge is -2.39. The van der Waals surface area contributed by atoms with Crippen LogP contribution in [0.25, 0.3) is 0 Å². The van der Waals surface area contributed by atoms with Gasteiger partial charge in [-0.3, -0.25) is 38.4 Å². The minimum absolute atomic E-state index is 0.00657. The molecule has 88 heavy (non-hydrogen) atoms. The molecule has 0 saturated carbocycles. The quantitative estimate of drug-likeness (QED) is 0.150. The lowest BCUT2D eigenvalue weighted by atomic mass is 9.78. The van der Waals surface area contributed by atoms with E-state index in [9.17, 15) is 29.1 Å². The fourth-order valence-electron chi connectivity index (χ4n) is 12.1. The van der Waals surface area contributed by atoms with Crippen LogP contribution >= 0.6 is 0 Å². The molecule has 2 aromatic rings. The van der Waals surface area contributed by atoms with Crippen LogP contribution in [0.3, 0.4) is 0 Å². The van der Waals surface area contributed by atoms with E-state index in [0.29, 0.717) is 29.4 Å². The number of likely N-dealkylation sites (N-methyl/N-ethyl adjacent to an activating group) is 4. The number of esters is 1. The van der Waals surface area contributed by atoms with Crippen molar-refractivity contribution in [3.8, 4) is 0 Å². The molecule has 11 atom stereocenters. The molecule has 3 saturated heterocycles. The van der Waals surface area contributed by atoms with Gasteiger partial charge in [0.1, 0.15) is 36.3 Å². The van der Waals surface area contributed by atoms with E-state index in [1.165, 1.54) is 56.7 Å². The third-order valence-electron chi connectivity index (χ3n) is 18.5. The van der Waals surface area contributed by atoms with Gasteiger partial charge in [0, 0.05) is 60.0 Å². The van der Waals surface area contributed by atoms with Gasteiger partial charge in [0.15, 0.2) is 12.1 Å². The van der Waals surface area contributed by atoms with E-state index in [0.717, 1.165) is 4.90 Å². The van der Waals surface area contributed by atoms with Crippen molar-refractivity contribution < 1.29 is 62.3 Å². The molecule has 0 spiro atoms. The van der Waals surface area contributed by atoms with Crippen LogP contribution in [0.2, 0.25) is 0 Å². The van der Waals surface area contributed by atoms with Crippen LogP contribution in [0.4, 0.5) is 0 Å². The number of hydrogen-bond donors (Lipinski definition) is 4. The molecule has 0 aromatic heterocycles. The van der Waals surface area contributed by atoms with Crippen molar-refractivity contribution in [1.29, 1.82) is 0 Å². The van der Waals surface area contributed by atoms with Gasteiger partial charge in [-0.25, -0.2) is 4.79 Å². The maximum absolute atomic E-state index is 15.6. The Labute approximate surface area is 523 Å². The van der Waals surface area contributed by atoms with Gasteiger partial charge < -0.3 is 59.6 Å². The monoisotopic (exact) mass is 1230 g/mol. The maximum atomic E-state index is 15.6. The predicted octanol–water partition coefficient (Wildman–Crippen LogP) is 4.53. The van der Waals surface area contributed by atoms with Crippen LogP contribution in [0.15, 0.2) is 54.6 Å². The summed E-state index contributed by atoms with van der Waals surface area (Å²) in [6, 6.07) is 7.40. The Bertz CT molecular complexity index is 2790. The highest BCUT2D eigenvalue weighted by molar-refractivity contribution is 6.62. The highest BCUT2D eigenvalue weighted by Crippen LogP contribution is 2.37. The van der Waals surface area contributed by atoms with Crippen LogP contribution in [0, 0.1) is 35.5 Å². The molecule has 8 amide bonds. The molecule has 488 valence electrons. The van der Waals surface area contributed by atoms with Gasteiger partial charge in [-0.1, -0.05) is 130 Å². The summed E-state index contributed by atoms with van der Waals surface area (Å²) in [7, 11) is 4.96. The Balaban J connectivity index is 1.69. The number of ether oxygens (including phenoxy) is 1. The lowest BCUT2D eigenvalue weighted by Crippen LogP contribution is -2.63. The van der Waals surface area contributed by atoms with Gasteiger partial charge in [0.25, 0.3) is 5.91 Å². The fraction of sp³-hybridized carbons (Fsp3) is 0.682. The second-order valence-corrected chi connectivity index (χ2v) is 27.6. The van der Waals surface area contributed by atoms with E-state index < -0.39 is 155 Å². The summed E-state index contributed by atoms with van der Waals surface area (Å²) < 4.78 is 19.0. The molecule has 22 heteroatoms. The maximum Gasteiger partial charge on any atom is 0.494 e. The standard InChI is InChI=1S/C66H103BN8O13/c1-21-41(9)50-61(82)72(18)51(39(5)6)56(77)68-47(33-38(3)4)59(80)74(20)54(64(11,12)85)63(84)86-53(42(10)22-2)62(83)73(19)52(40(7)8)57(78)69-48(35-43-27-24-23-25-28-43)58(79)71(17)49(60(81)75-32-31-45(37-75)55(76)70-50)36-44-29-26-30-46(34-44)67-87-65(13,14)66(15,16)88-67/h23-30,34,38-42,45,47-54,85H,21-22,31-33,35-37H2,1-20H3,(H,68,77)(H,69,78)(H,70,76)/t41?,42?,45?,47?,48?,49?,50?,51-,52-,53+,54?/m0/s1. The summed E-state index contributed by atoms with van der Waals surface area (Å²) in [5.74, 6) is -9.31. The molecule has 2 bridgehead atoms. The smallest absolute Gasteiger partial charge is 0.450 e. The minimum Gasteiger partial charge on any atom is -0.450 e. The molecule has 4 N–H and O–H groups in total. The number of amides is 8. The average molecular weight is 1230 g/mol. The summed E-state index contributed by atoms with van der Waals surface area (Å²) >= 11 is 0.